The Kier molecular flexibility index (Phi) is 5.54. The molecule has 6 heteroatoms. The van der Waals surface area contributed by atoms with Crippen molar-refractivity contribution in [1.82, 2.24) is 5.32 Å². The van der Waals surface area contributed by atoms with Gasteiger partial charge in [0.1, 0.15) is 12.1 Å². The van der Waals surface area contributed by atoms with Crippen LogP contribution in [-0.4, -0.2) is 30.2 Å². The van der Waals surface area contributed by atoms with Gasteiger partial charge in [-0.15, -0.1) is 0 Å². The summed E-state index contributed by atoms with van der Waals surface area (Å²) in [5, 5.41) is 20.5. The van der Waals surface area contributed by atoms with Crippen LogP contribution in [-0.2, 0) is 4.79 Å². The van der Waals surface area contributed by atoms with E-state index in [0.29, 0.717) is 24.1 Å². The Morgan fingerprint density at radius 3 is 2.65 bits per heavy atom. The lowest BCUT2D eigenvalue weighted by molar-refractivity contribution is -0.139. The average molecular weight is 275 g/mol. The molecule has 0 spiro atoms. The van der Waals surface area contributed by atoms with Crippen LogP contribution >= 0.6 is 0 Å². The van der Waals surface area contributed by atoms with Crippen LogP contribution in [0.2, 0.25) is 0 Å². The standard InChI is InChI=1S/C14H17N3O3/c1-3-6-11(13(18)19)16-14(20)17(2)12-8-5-4-7-10(12)9-15/h4-5,7-8,11H,3,6H2,1-2H3,(H,16,20)(H,18,19)/t11-/m0/s1. The van der Waals surface area contributed by atoms with Gasteiger partial charge in [0.05, 0.1) is 11.3 Å². The molecule has 0 unspecified atom stereocenters. The number of nitrogens with zero attached hydrogens (tertiary/aromatic N) is 2. The molecular formula is C14H17N3O3. The number of nitrogens with one attached hydrogen (secondary N) is 1. The third kappa shape index (κ3) is 3.72. The van der Waals surface area contributed by atoms with Gasteiger partial charge in [0.25, 0.3) is 0 Å². The molecule has 0 aliphatic heterocycles. The summed E-state index contributed by atoms with van der Waals surface area (Å²) in [4.78, 5) is 24.3. The monoisotopic (exact) mass is 275 g/mol. The highest BCUT2D eigenvalue weighted by atomic mass is 16.4. The minimum Gasteiger partial charge on any atom is -0.480 e. The Morgan fingerprint density at radius 2 is 2.10 bits per heavy atom. The quantitative estimate of drug-likeness (QED) is 0.858. The molecule has 1 aromatic rings. The number of anilines is 1. The Morgan fingerprint density at radius 1 is 1.45 bits per heavy atom. The maximum absolute atomic E-state index is 12.0. The number of carboxylic acid groups (broad SMARTS) is 1. The average Bonchev–Trinajstić information content (AvgIpc) is 2.45. The van der Waals surface area contributed by atoms with E-state index in [1.54, 1.807) is 24.3 Å². The third-order valence-electron chi connectivity index (χ3n) is 2.86. The number of urea groups is 1. The van der Waals surface area contributed by atoms with E-state index in [2.05, 4.69) is 5.32 Å². The van der Waals surface area contributed by atoms with Gasteiger partial charge in [0.15, 0.2) is 0 Å². The lowest BCUT2D eigenvalue weighted by Crippen LogP contribution is -2.46. The molecular weight excluding hydrogens is 258 g/mol. The van der Waals surface area contributed by atoms with E-state index >= 15 is 0 Å². The van der Waals surface area contributed by atoms with Crippen LogP contribution in [0, 0.1) is 11.3 Å². The normalized spacial score (nSPS) is 11.2. The number of para-hydroxylation sites is 1. The molecule has 0 aromatic heterocycles. The number of aliphatic carboxylic acids is 1. The summed E-state index contributed by atoms with van der Waals surface area (Å²) in [5.41, 5.74) is 0.792. The zero-order valence-corrected chi connectivity index (χ0v) is 11.5. The first-order valence-corrected chi connectivity index (χ1v) is 6.27. The summed E-state index contributed by atoms with van der Waals surface area (Å²) >= 11 is 0. The largest absolute Gasteiger partial charge is 0.480 e. The van der Waals surface area contributed by atoms with E-state index in [0.717, 1.165) is 0 Å². The molecule has 1 aromatic carbocycles. The molecule has 2 amide bonds. The van der Waals surface area contributed by atoms with Crippen LogP contribution in [0.25, 0.3) is 0 Å². The number of hydrogen-bond donors (Lipinski definition) is 2. The first-order chi connectivity index (χ1) is 9.51. The van der Waals surface area contributed by atoms with Crippen molar-refractivity contribution in [2.45, 2.75) is 25.8 Å². The lowest BCUT2D eigenvalue weighted by atomic mass is 10.1. The van der Waals surface area contributed by atoms with Crippen LogP contribution in [0.1, 0.15) is 25.3 Å². The fraction of sp³-hybridized carbons (Fsp3) is 0.357. The molecule has 0 radical (unpaired) electrons. The van der Waals surface area contributed by atoms with Gasteiger partial charge in [-0.1, -0.05) is 25.5 Å². The van der Waals surface area contributed by atoms with Gasteiger partial charge in [-0.2, -0.15) is 5.26 Å². The van der Waals surface area contributed by atoms with Crippen LogP contribution < -0.4 is 10.2 Å². The van der Waals surface area contributed by atoms with E-state index in [1.807, 2.05) is 13.0 Å². The minimum absolute atomic E-state index is 0.354. The number of nitriles is 1. The number of hydrogen-bond acceptors (Lipinski definition) is 3. The summed E-state index contributed by atoms with van der Waals surface area (Å²) in [7, 11) is 1.50. The summed E-state index contributed by atoms with van der Waals surface area (Å²) in [6, 6.07) is 7.16. The summed E-state index contributed by atoms with van der Waals surface area (Å²) in [6.07, 6.45) is 1.00. The SMILES string of the molecule is CCC[C@H](NC(=O)N(C)c1ccccc1C#N)C(=O)O. The number of amides is 2. The zero-order valence-electron chi connectivity index (χ0n) is 11.5. The van der Waals surface area contributed by atoms with E-state index in [9.17, 15) is 9.59 Å². The number of carboxylic acids is 1. The molecule has 6 nitrogen and oxygen atoms in total. The van der Waals surface area contributed by atoms with Gasteiger partial charge in [-0.05, 0) is 18.6 Å². The van der Waals surface area contributed by atoms with Crippen LogP contribution in [0.5, 0.6) is 0 Å². The van der Waals surface area contributed by atoms with Crippen LogP contribution in [0.4, 0.5) is 10.5 Å². The second kappa shape index (κ2) is 7.14. The highest BCUT2D eigenvalue weighted by Crippen LogP contribution is 2.18. The number of carbonyl (C=O) groups excluding carboxylic acids is 1. The minimum atomic E-state index is -1.07. The Bertz CT molecular complexity index is 537. The van der Waals surface area contributed by atoms with Crippen molar-refractivity contribution in [2.24, 2.45) is 0 Å². The van der Waals surface area contributed by atoms with Gasteiger partial charge in [-0.3, -0.25) is 4.90 Å². The van der Waals surface area contributed by atoms with Crippen molar-refractivity contribution >= 4 is 17.7 Å². The number of carbonyl (C=O) groups is 2. The van der Waals surface area contributed by atoms with E-state index < -0.39 is 18.0 Å². The zero-order chi connectivity index (χ0) is 15.1. The van der Waals surface area contributed by atoms with Gasteiger partial charge in [0, 0.05) is 7.05 Å². The maximum Gasteiger partial charge on any atom is 0.326 e. The van der Waals surface area contributed by atoms with Gasteiger partial charge < -0.3 is 10.4 Å². The van der Waals surface area contributed by atoms with Crippen molar-refractivity contribution in [3.05, 3.63) is 29.8 Å². The summed E-state index contributed by atoms with van der Waals surface area (Å²) < 4.78 is 0. The topological polar surface area (TPSA) is 93.4 Å². The molecule has 0 fully saturated rings. The molecule has 0 aliphatic carbocycles. The first kappa shape index (κ1) is 15.5. The fourth-order valence-electron chi connectivity index (χ4n) is 1.76. The summed E-state index contributed by atoms with van der Waals surface area (Å²) in [6.45, 7) is 1.84. The highest BCUT2D eigenvalue weighted by molar-refractivity contribution is 5.95. The third-order valence-corrected chi connectivity index (χ3v) is 2.86. The van der Waals surface area contributed by atoms with Crippen molar-refractivity contribution < 1.29 is 14.7 Å². The van der Waals surface area contributed by atoms with Crippen molar-refractivity contribution in [3.63, 3.8) is 0 Å². The predicted molar refractivity (Wildman–Crippen MR) is 74.4 cm³/mol. The molecule has 0 saturated carbocycles. The van der Waals surface area contributed by atoms with Crippen molar-refractivity contribution in [3.8, 4) is 6.07 Å². The maximum atomic E-state index is 12.0. The van der Waals surface area contributed by atoms with Crippen LogP contribution in [0.3, 0.4) is 0 Å². The molecule has 20 heavy (non-hydrogen) atoms. The Labute approximate surface area is 117 Å². The van der Waals surface area contributed by atoms with Crippen molar-refractivity contribution in [1.29, 1.82) is 5.26 Å². The lowest BCUT2D eigenvalue weighted by Gasteiger charge is -2.22. The van der Waals surface area contributed by atoms with Gasteiger partial charge >= 0.3 is 12.0 Å². The molecule has 1 atom stereocenters. The smallest absolute Gasteiger partial charge is 0.326 e. The van der Waals surface area contributed by atoms with Crippen LogP contribution in [0.15, 0.2) is 24.3 Å². The van der Waals surface area contributed by atoms with Gasteiger partial charge in [0.2, 0.25) is 0 Å². The van der Waals surface area contributed by atoms with E-state index in [-0.39, 0.29) is 0 Å². The molecule has 0 bridgehead atoms. The Balaban J connectivity index is 2.86. The van der Waals surface area contributed by atoms with Gasteiger partial charge in [-0.25, -0.2) is 9.59 Å². The second-order valence-electron chi connectivity index (χ2n) is 4.32. The molecule has 0 aliphatic rings. The number of benzene rings is 1. The van der Waals surface area contributed by atoms with Crippen molar-refractivity contribution in [2.75, 3.05) is 11.9 Å². The fourth-order valence-corrected chi connectivity index (χ4v) is 1.76. The highest BCUT2D eigenvalue weighted by Gasteiger charge is 2.22. The molecule has 2 N–H and O–H groups in total. The molecule has 1 rings (SSSR count). The van der Waals surface area contributed by atoms with E-state index in [4.69, 9.17) is 10.4 Å². The summed E-state index contributed by atoms with van der Waals surface area (Å²) in [5.74, 6) is -1.07. The molecule has 0 heterocycles. The predicted octanol–water partition coefficient (Wildman–Crippen LogP) is 1.96. The second-order valence-corrected chi connectivity index (χ2v) is 4.32. The number of rotatable bonds is 5. The first-order valence-electron chi connectivity index (χ1n) is 6.27. The van der Waals surface area contributed by atoms with E-state index in [1.165, 1.54) is 11.9 Å². The molecule has 106 valence electrons. The molecule has 0 saturated heterocycles. The Hall–Kier alpha value is -2.55.